The van der Waals surface area contributed by atoms with Gasteiger partial charge in [0.25, 0.3) is 11.6 Å². The molecule has 100 valence electrons. The number of non-ortho nitro benzene ring substituents is 1. The first-order chi connectivity index (χ1) is 8.81. The molecule has 0 radical (unpaired) electrons. The van der Waals surface area contributed by atoms with Crippen LogP contribution in [0, 0.1) is 10.1 Å². The average molecular weight is 265 g/mol. The number of nitro benzene ring substituents is 1. The summed E-state index contributed by atoms with van der Waals surface area (Å²) in [6, 6.07) is 3.37. The molecule has 5 N–H and O–H groups in total. The summed E-state index contributed by atoms with van der Waals surface area (Å²) >= 11 is 0. The standard InChI is InChI=1S/C10H11N5O4/c1-5(16)13-8-3-2-6(15(18)19)4-7(8)9(17)14-10(11)12/h2-4H,1H3,(H,13,16)(H4,11,12,14,17). The van der Waals surface area contributed by atoms with Crippen molar-refractivity contribution in [2.24, 2.45) is 16.5 Å². The lowest BCUT2D eigenvalue weighted by Crippen LogP contribution is -2.24. The van der Waals surface area contributed by atoms with Crippen molar-refractivity contribution in [1.82, 2.24) is 0 Å². The first kappa shape index (κ1) is 14.1. The Morgan fingerprint density at radius 1 is 1.37 bits per heavy atom. The lowest BCUT2D eigenvalue weighted by atomic mass is 10.1. The van der Waals surface area contributed by atoms with Crippen molar-refractivity contribution < 1.29 is 14.5 Å². The molecule has 9 heteroatoms. The number of hydrogen-bond acceptors (Lipinski definition) is 4. The molecule has 0 aliphatic rings. The van der Waals surface area contributed by atoms with Crippen LogP contribution in [0.1, 0.15) is 17.3 Å². The van der Waals surface area contributed by atoms with Gasteiger partial charge in [0.15, 0.2) is 5.96 Å². The minimum Gasteiger partial charge on any atom is -0.370 e. The van der Waals surface area contributed by atoms with Crippen LogP contribution in [0.15, 0.2) is 23.2 Å². The van der Waals surface area contributed by atoms with Crippen LogP contribution >= 0.6 is 0 Å². The van der Waals surface area contributed by atoms with E-state index in [0.717, 1.165) is 12.1 Å². The summed E-state index contributed by atoms with van der Waals surface area (Å²) in [5.74, 6) is -1.80. The van der Waals surface area contributed by atoms with Crippen molar-refractivity contribution >= 4 is 29.1 Å². The summed E-state index contributed by atoms with van der Waals surface area (Å²) in [5, 5.41) is 13.0. The second-order valence-electron chi connectivity index (χ2n) is 3.51. The molecular weight excluding hydrogens is 254 g/mol. The highest BCUT2D eigenvalue weighted by Crippen LogP contribution is 2.23. The molecule has 0 atom stereocenters. The maximum atomic E-state index is 11.7. The molecule has 1 rings (SSSR count). The molecular formula is C10H11N5O4. The number of amides is 2. The number of nitrogens with two attached hydrogens (primary N) is 2. The summed E-state index contributed by atoms with van der Waals surface area (Å²) < 4.78 is 0. The lowest BCUT2D eigenvalue weighted by molar-refractivity contribution is -0.384. The van der Waals surface area contributed by atoms with Crippen LogP contribution in [0.4, 0.5) is 11.4 Å². The molecule has 0 bridgehead atoms. The Morgan fingerprint density at radius 2 is 2.00 bits per heavy atom. The predicted molar refractivity (Wildman–Crippen MR) is 67.5 cm³/mol. The normalized spacial score (nSPS) is 9.53. The fourth-order valence-electron chi connectivity index (χ4n) is 1.30. The summed E-state index contributed by atoms with van der Waals surface area (Å²) in [7, 11) is 0. The van der Waals surface area contributed by atoms with Crippen molar-refractivity contribution in [3.8, 4) is 0 Å². The van der Waals surface area contributed by atoms with Crippen LogP contribution in [-0.2, 0) is 4.79 Å². The molecule has 0 aromatic heterocycles. The van der Waals surface area contributed by atoms with Gasteiger partial charge in [-0.2, -0.15) is 4.99 Å². The third kappa shape index (κ3) is 3.77. The minimum atomic E-state index is -0.882. The molecule has 0 fully saturated rings. The van der Waals surface area contributed by atoms with Gasteiger partial charge >= 0.3 is 0 Å². The number of anilines is 1. The number of carbonyl (C=O) groups excluding carboxylic acids is 2. The molecule has 0 saturated heterocycles. The zero-order chi connectivity index (χ0) is 14.6. The maximum absolute atomic E-state index is 11.7. The number of nitro groups is 1. The van der Waals surface area contributed by atoms with Crippen LogP contribution in [0.2, 0.25) is 0 Å². The van der Waals surface area contributed by atoms with E-state index in [9.17, 15) is 19.7 Å². The van der Waals surface area contributed by atoms with Gasteiger partial charge in [0.1, 0.15) is 0 Å². The van der Waals surface area contributed by atoms with E-state index in [4.69, 9.17) is 11.5 Å². The Balaban J connectivity index is 3.33. The Morgan fingerprint density at radius 3 is 2.47 bits per heavy atom. The van der Waals surface area contributed by atoms with Gasteiger partial charge in [-0.1, -0.05) is 0 Å². The Labute approximate surface area is 107 Å². The topological polar surface area (TPSA) is 154 Å². The molecule has 2 amide bonds. The summed E-state index contributed by atoms with van der Waals surface area (Å²) in [4.78, 5) is 36.0. The molecule has 0 aliphatic carbocycles. The van der Waals surface area contributed by atoms with Crippen molar-refractivity contribution in [3.05, 3.63) is 33.9 Å². The third-order valence-electron chi connectivity index (χ3n) is 1.99. The number of aliphatic imine (C=N–C) groups is 1. The van der Waals surface area contributed by atoms with Gasteiger partial charge in [-0.25, -0.2) is 0 Å². The van der Waals surface area contributed by atoms with Crippen molar-refractivity contribution in [2.75, 3.05) is 5.32 Å². The second kappa shape index (κ2) is 5.58. The van der Waals surface area contributed by atoms with E-state index < -0.39 is 22.7 Å². The SMILES string of the molecule is CC(=O)Nc1ccc([N+](=O)[O-])cc1C(=O)N=C(N)N. The molecule has 0 heterocycles. The minimum absolute atomic E-state index is 0.0908. The van der Waals surface area contributed by atoms with Gasteiger partial charge in [-0.3, -0.25) is 19.7 Å². The fourth-order valence-corrected chi connectivity index (χ4v) is 1.30. The van der Waals surface area contributed by atoms with Crippen molar-refractivity contribution in [3.63, 3.8) is 0 Å². The van der Waals surface area contributed by atoms with Crippen LogP contribution in [-0.4, -0.2) is 22.7 Å². The van der Waals surface area contributed by atoms with Gasteiger partial charge in [-0.15, -0.1) is 0 Å². The first-order valence-electron chi connectivity index (χ1n) is 5.01. The van der Waals surface area contributed by atoms with E-state index in [0.29, 0.717) is 0 Å². The average Bonchev–Trinajstić information content (AvgIpc) is 2.27. The Kier molecular flexibility index (Phi) is 4.14. The largest absolute Gasteiger partial charge is 0.370 e. The molecule has 0 unspecified atom stereocenters. The number of hydrogen-bond donors (Lipinski definition) is 3. The van der Waals surface area contributed by atoms with E-state index in [-0.39, 0.29) is 16.9 Å². The highest BCUT2D eigenvalue weighted by molar-refractivity contribution is 6.08. The van der Waals surface area contributed by atoms with Gasteiger partial charge < -0.3 is 16.8 Å². The zero-order valence-electron chi connectivity index (χ0n) is 9.91. The van der Waals surface area contributed by atoms with E-state index in [1.165, 1.54) is 13.0 Å². The smallest absolute Gasteiger partial charge is 0.282 e. The van der Waals surface area contributed by atoms with Crippen molar-refractivity contribution in [2.45, 2.75) is 6.92 Å². The van der Waals surface area contributed by atoms with Crippen LogP contribution in [0.5, 0.6) is 0 Å². The third-order valence-corrected chi connectivity index (χ3v) is 1.99. The summed E-state index contributed by atoms with van der Waals surface area (Å²) in [6.07, 6.45) is 0. The molecule has 19 heavy (non-hydrogen) atoms. The number of rotatable bonds is 3. The number of guanidine groups is 1. The van der Waals surface area contributed by atoms with E-state index in [1.807, 2.05) is 0 Å². The zero-order valence-corrected chi connectivity index (χ0v) is 9.91. The molecule has 1 aromatic rings. The van der Waals surface area contributed by atoms with Gasteiger partial charge in [0.2, 0.25) is 5.91 Å². The van der Waals surface area contributed by atoms with Gasteiger partial charge in [0.05, 0.1) is 16.2 Å². The predicted octanol–water partition coefficient (Wildman–Crippen LogP) is -0.0332. The van der Waals surface area contributed by atoms with Crippen molar-refractivity contribution in [1.29, 1.82) is 0 Å². The van der Waals surface area contributed by atoms with Gasteiger partial charge in [0, 0.05) is 19.1 Å². The monoisotopic (exact) mass is 265 g/mol. The molecule has 9 nitrogen and oxygen atoms in total. The first-order valence-corrected chi connectivity index (χ1v) is 5.01. The number of nitrogens with one attached hydrogen (secondary N) is 1. The van der Waals surface area contributed by atoms with E-state index >= 15 is 0 Å². The lowest BCUT2D eigenvalue weighted by Gasteiger charge is -2.06. The fraction of sp³-hybridized carbons (Fsp3) is 0.100. The highest BCUT2D eigenvalue weighted by atomic mass is 16.6. The Bertz CT molecular complexity index is 577. The molecule has 1 aromatic carbocycles. The summed E-state index contributed by atoms with van der Waals surface area (Å²) in [5.41, 5.74) is 9.74. The Hall–Kier alpha value is -2.97. The number of benzene rings is 1. The second-order valence-corrected chi connectivity index (χ2v) is 3.51. The van der Waals surface area contributed by atoms with Crippen LogP contribution < -0.4 is 16.8 Å². The quantitative estimate of drug-likeness (QED) is 0.301. The molecule has 0 saturated carbocycles. The molecule has 0 aliphatic heterocycles. The maximum Gasteiger partial charge on any atom is 0.282 e. The number of nitrogens with zero attached hydrogens (tertiary/aromatic N) is 2. The highest BCUT2D eigenvalue weighted by Gasteiger charge is 2.17. The van der Waals surface area contributed by atoms with Crippen LogP contribution in [0.3, 0.4) is 0 Å². The number of carbonyl (C=O) groups is 2. The summed E-state index contributed by atoms with van der Waals surface area (Å²) in [6.45, 7) is 1.23. The van der Waals surface area contributed by atoms with E-state index in [1.54, 1.807) is 0 Å². The van der Waals surface area contributed by atoms with Crippen LogP contribution in [0.25, 0.3) is 0 Å². The van der Waals surface area contributed by atoms with E-state index in [2.05, 4.69) is 10.3 Å². The van der Waals surface area contributed by atoms with Gasteiger partial charge in [-0.05, 0) is 6.07 Å². The molecule has 0 spiro atoms.